The van der Waals surface area contributed by atoms with Gasteiger partial charge in [0, 0.05) is 46.8 Å². The average Bonchev–Trinajstić information content (AvgIpc) is 3.69. The second-order valence-corrected chi connectivity index (χ2v) is 13.0. The summed E-state index contributed by atoms with van der Waals surface area (Å²) in [4.78, 5) is 0. The van der Waals surface area contributed by atoms with Crippen LogP contribution in [0.15, 0.2) is 73.1 Å². The molecule has 13 nitrogen and oxygen atoms in total. The first-order valence-corrected chi connectivity index (χ1v) is 17.0. The average molecular weight is 692 g/mol. The Morgan fingerprint density at radius 1 is 1.02 bits per heavy atom. The molecule has 3 aromatic carbocycles. The van der Waals surface area contributed by atoms with Crippen LogP contribution in [0.25, 0.3) is 0 Å². The molecule has 1 unspecified atom stereocenters. The molecule has 1 aliphatic heterocycles. The molecular weight excluding hydrogens is 655 g/mol. The van der Waals surface area contributed by atoms with Crippen molar-refractivity contribution in [2.24, 2.45) is 0 Å². The third kappa shape index (κ3) is 9.21. The van der Waals surface area contributed by atoms with Crippen molar-refractivity contribution in [3.8, 4) is 5.75 Å². The van der Waals surface area contributed by atoms with E-state index in [0.717, 1.165) is 11.4 Å². The van der Waals surface area contributed by atoms with Crippen molar-refractivity contribution >= 4 is 50.5 Å². The molecule has 1 aromatic heterocycles. The van der Waals surface area contributed by atoms with Crippen molar-refractivity contribution in [2.75, 3.05) is 41.7 Å². The second kappa shape index (κ2) is 15.3. The molecule has 4 aromatic rings. The molecule has 0 saturated carbocycles. The van der Waals surface area contributed by atoms with Crippen LogP contribution in [0, 0.1) is 0 Å². The molecule has 5 rings (SSSR count). The smallest absolute Gasteiger partial charge is 0.299 e. The van der Waals surface area contributed by atoms with Crippen molar-refractivity contribution < 1.29 is 22.6 Å². The maximum absolute atomic E-state index is 12.2. The summed E-state index contributed by atoms with van der Waals surface area (Å²) in [6.07, 6.45) is 1.81. The lowest BCUT2D eigenvalue weighted by Gasteiger charge is -2.29. The summed E-state index contributed by atoms with van der Waals surface area (Å²) < 4.78 is 49.6. The SMILES string of the molecule is CCC(C)NS(=O)(=O)Nc1ccc(NCCNc2ccc(OC[C@@H]3CO[C@@](Cn4cnnn4)(c4ccc(Cl)cc4Cl)O3)cc2)cc1. The number of benzene rings is 3. The molecule has 0 bridgehead atoms. The summed E-state index contributed by atoms with van der Waals surface area (Å²) >= 11 is 12.6. The van der Waals surface area contributed by atoms with Gasteiger partial charge in [0.15, 0.2) is 0 Å². The van der Waals surface area contributed by atoms with E-state index in [1.54, 1.807) is 30.3 Å². The molecule has 0 spiro atoms. The number of rotatable bonds is 16. The Hall–Kier alpha value is -3.66. The first kappa shape index (κ1) is 33.7. The lowest BCUT2D eigenvalue weighted by atomic mass is 10.1. The Balaban J connectivity index is 1.06. The van der Waals surface area contributed by atoms with E-state index in [9.17, 15) is 8.42 Å². The normalized spacial score (nSPS) is 18.7. The summed E-state index contributed by atoms with van der Waals surface area (Å²) in [5.41, 5.74) is 2.92. The minimum Gasteiger partial charge on any atom is -0.491 e. The Bertz CT molecular complexity index is 1660. The molecule has 0 radical (unpaired) electrons. The zero-order valence-electron chi connectivity index (χ0n) is 25.3. The van der Waals surface area contributed by atoms with Crippen LogP contribution < -0.4 is 24.8 Å². The van der Waals surface area contributed by atoms with Crippen molar-refractivity contribution in [3.63, 3.8) is 0 Å². The Morgan fingerprint density at radius 2 is 1.70 bits per heavy atom. The highest BCUT2D eigenvalue weighted by molar-refractivity contribution is 7.90. The van der Waals surface area contributed by atoms with Gasteiger partial charge in [0.05, 0.1) is 11.6 Å². The van der Waals surface area contributed by atoms with Crippen molar-refractivity contribution in [2.45, 2.75) is 44.7 Å². The number of hydrogen-bond donors (Lipinski definition) is 4. The molecule has 0 amide bonds. The lowest BCUT2D eigenvalue weighted by molar-refractivity contribution is -0.190. The number of halogens is 2. The standard InChI is InChI=1S/C30H36Cl2N8O5S/c1-3-21(2)36-46(41,42)37-25-7-5-23(6-8-25)33-14-15-34-24-9-11-26(12-10-24)43-17-27-18-44-30(45-27,19-40-20-35-38-39-40)28-13-4-22(31)16-29(28)32/h4-13,16,20-21,27,33-34,36-37H,3,14-15,17-19H2,1-2H3/t21?,27-,30-/m1/s1. The van der Waals surface area contributed by atoms with E-state index in [-0.39, 0.29) is 31.9 Å². The van der Waals surface area contributed by atoms with Crippen molar-refractivity contribution in [1.29, 1.82) is 0 Å². The highest BCUT2D eigenvalue weighted by Crippen LogP contribution is 2.40. The van der Waals surface area contributed by atoms with Gasteiger partial charge in [-0.05, 0) is 84.4 Å². The molecule has 3 atom stereocenters. The minimum absolute atomic E-state index is 0.144. The molecule has 1 saturated heterocycles. The first-order valence-electron chi connectivity index (χ1n) is 14.7. The van der Waals surface area contributed by atoms with Gasteiger partial charge in [0.1, 0.15) is 31.3 Å². The van der Waals surface area contributed by atoms with E-state index in [4.69, 9.17) is 37.4 Å². The predicted molar refractivity (Wildman–Crippen MR) is 178 cm³/mol. The summed E-state index contributed by atoms with van der Waals surface area (Å²) in [7, 11) is -3.61. The van der Waals surface area contributed by atoms with Gasteiger partial charge in [-0.2, -0.15) is 13.1 Å². The molecule has 16 heteroatoms. The van der Waals surface area contributed by atoms with Crippen LogP contribution in [-0.4, -0.2) is 67.1 Å². The van der Waals surface area contributed by atoms with Gasteiger partial charge < -0.3 is 24.8 Å². The number of aromatic nitrogens is 4. The maximum Gasteiger partial charge on any atom is 0.299 e. The van der Waals surface area contributed by atoms with E-state index >= 15 is 0 Å². The second-order valence-electron chi connectivity index (χ2n) is 10.7. The first-order chi connectivity index (χ1) is 22.1. The van der Waals surface area contributed by atoms with Crippen LogP contribution in [0.1, 0.15) is 25.8 Å². The number of hydrogen-bond acceptors (Lipinski definition) is 10. The fraction of sp³-hybridized carbons (Fsp3) is 0.367. The summed E-state index contributed by atoms with van der Waals surface area (Å²) in [6, 6.07) is 19.7. The van der Waals surface area contributed by atoms with Gasteiger partial charge in [0.2, 0.25) is 5.79 Å². The zero-order valence-corrected chi connectivity index (χ0v) is 27.6. The largest absolute Gasteiger partial charge is 0.491 e. The van der Waals surface area contributed by atoms with E-state index in [0.29, 0.717) is 46.6 Å². The topological polar surface area (TPSA) is 154 Å². The number of nitrogens with zero attached hydrogens (tertiary/aromatic N) is 4. The van der Waals surface area contributed by atoms with E-state index in [1.807, 2.05) is 50.2 Å². The third-order valence-electron chi connectivity index (χ3n) is 7.14. The summed E-state index contributed by atoms with van der Waals surface area (Å²) in [5.74, 6) is -0.526. The predicted octanol–water partition coefficient (Wildman–Crippen LogP) is 4.90. The van der Waals surface area contributed by atoms with Gasteiger partial charge >= 0.3 is 0 Å². The van der Waals surface area contributed by atoms with Gasteiger partial charge in [-0.1, -0.05) is 36.2 Å². The molecular formula is C30H36Cl2N8O5S. The van der Waals surface area contributed by atoms with Gasteiger partial charge in [-0.25, -0.2) is 4.68 Å². The van der Waals surface area contributed by atoms with Gasteiger partial charge in [-0.15, -0.1) is 5.10 Å². The zero-order chi connectivity index (χ0) is 32.6. The number of ether oxygens (including phenoxy) is 3. The Labute approximate surface area is 278 Å². The third-order valence-corrected chi connectivity index (χ3v) is 8.91. The molecule has 1 fully saturated rings. The van der Waals surface area contributed by atoms with Crippen molar-refractivity contribution in [1.82, 2.24) is 24.9 Å². The van der Waals surface area contributed by atoms with Crippen LogP contribution in [0.3, 0.4) is 0 Å². The van der Waals surface area contributed by atoms with Crippen molar-refractivity contribution in [3.05, 3.63) is 88.7 Å². The summed E-state index contributed by atoms with van der Waals surface area (Å²) in [6.45, 7) is 5.78. The highest BCUT2D eigenvalue weighted by Gasteiger charge is 2.45. The monoisotopic (exact) mass is 690 g/mol. The molecule has 2 heterocycles. The highest BCUT2D eigenvalue weighted by atomic mass is 35.5. The molecule has 4 N–H and O–H groups in total. The van der Waals surface area contributed by atoms with E-state index in [2.05, 4.69) is 35.6 Å². The lowest BCUT2D eigenvalue weighted by Crippen LogP contribution is -2.36. The van der Waals surface area contributed by atoms with Crippen LogP contribution in [0.5, 0.6) is 5.75 Å². The Kier molecular flexibility index (Phi) is 11.2. The van der Waals surface area contributed by atoms with Crippen LogP contribution in [0.4, 0.5) is 17.1 Å². The molecule has 46 heavy (non-hydrogen) atoms. The number of tetrazole rings is 1. The summed E-state index contributed by atoms with van der Waals surface area (Å²) in [5, 5.41) is 18.9. The maximum atomic E-state index is 12.2. The minimum atomic E-state index is -3.61. The van der Waals surface area contributed by atoms with E-state index < -0.39 is 16.0 Å². The molecule has 1 aliphatic rings. The number of anilines is 3. The van der Waals surface area contributed by atoms with Crippen LogP contribution in [-0.2, 0) is 32.0 Å². The van der Waals surface area contributed by atoms with Gasteiger partial charge in [0.25, 0.3) is 10.2 Å². The fourth-order valence-corrected chi connectivity index (χ4v) is 6.44. The van der Waals surface area contributed by atoms with Gasteiger partial charge in [-0.3, -0.25) is 4.72 Å². The van der Waals surface area contributed by atoms with Crippen LogP contribution in [0.2, 0.25) is 10.0 Å². The quantitative estimate of drug-likeness (QED) is 0.119. The molecule has 246 valence electrons. The fourth-order valence-electron chi connectivity index (χ4n) is 4.68. The Morgan fingerprint density at radius 3 is 2.33 bits per heavy atom. The van der Waals surface area contributed by atoms with Crippen LogP contribution >= 0.6 is 23.2 Å². The number of nitrogens with one attached hydrogen (secondary N) is 4. The van der Waals surface area contributed by atoms with E-state index in [1.165, 1.54) is 11.0 Å². The molecule has 0 aliphatic carbocycles.